The van der Waals surface area contributed by atoms with Crippen molar-refractivity contribution in [2.45, 2.75) is 59.1 Å². The van der Waals surface area contributed by atoms with Gasteiger partial charge in [0, 0.05) is 12.6 Å². The predicted molar refractivity (Wildman–Crippen MR) is 116 cm³/mol. The number of amides is 1. The summed E-state index contributed by atoms with van der Waals surface area (Å²) < 4.78 is 11.0. The lowest BCUT2D eigenvalue weighted by Gasteiger charge is -2.34. The number of nitrogens with zero attached hydrogens (tertiary/aromatic N) is 2. The third kappa shape index (κ3) is 6.21. The van der Waals surface area contributed by atoms with E-state index in [0.29, 0.717) is 19.1 Å². The number of ether oxygens (including phenoxy) is 1. The molecule has 1 aromatic carbocycles. The maximum absolute atomic E-state index is 12.9. The van der Waals surface area contributed by atoms with E-state index in [1.165, 1.54) is 0 Å². The van der Waals surface area contributed by atoms with E-state index >= 15 is 0 Å². The first kappa shape index (κ1) is 23.2. The van der Waals surface area contributed by atoms with Gasteiger partial charge in [-0.3, -0.25) is 4.79 Å². The molecule has 0 atom stereocenters. The van der Waals surface area contributed by atoms with Gasteiger partial charge in [-0.2, -0.15) is 0 Å². The highest BCUT2D eigenvalue weighted by atomic mass is 35.5. The number of benzene rings is 1. The van der Waals surface area contributed by atoms with Gasteiger partial charge in [-0.05, 0) is 63.9 Å². The van der Waals surface area contributed by atoms with Gasteiger partial charge < -0.3 is 19.5 Å². The second-order valence-electron chi connectivity index (χ2n) is 7.48. The fourth-order valence-corrected chi connectivity index (χ4v) is 3.71. The number of hydrogen-bond donors (Lipinski definition) is 1. The van der Waals surface area contributed by atoms with Crippen molar-refractivity contribution in [3.63, 3.8) is 0 Å². The molecular weight excluding hydrogens is 390 g/mol. The fourth-order valence-electron chi connectivity index (χ4n) is 3.71. The van der Waals surface area contributed by atoms with Crippen LogP contribution in [-0.4, -0.2) is 41.6 Å². The number of halogens is 1. The molecule has 1 aliphatic rings. The molecule has 29 heavy (non-hydrogen) atoms. The Morgan fingerprint density at radius 1 is 1.24 bits per heavy atom. The second kappa shape index (κ2) is 11.2. The lowest BCUT2D eigenvalue weighted by atomic mass is 10.0. The summed E-state index contributed by atoms with van der Waals surface area (Å²) in [6, 6.07) is 8.18. The molecule has 1 fully saturated rings. The van der Waals surface area contributed by atoms with Crippen molar-refractivity contribution in [3.8, 4) is 5.75 Å². The topological polar surface area (TPSA) is 67.6 Å². The Hall–Kier alpha value is -2.05. The monoisotopic (exact) mass is 421 g/mol. The zero-order chi connectivity index (χ0) is 19.9. The molecule has 0 spiro atoms. The van der Waals surface area contributed by atoms with Crippen LogP contribution in [0.5, 0.6) is 5.75 Å². The number of aryl methyl sites for hydroxylation is 2. The van der Waals surface area contributed by atoms with Crippen LogP contribution in [0.25, 0.3) is 0 Å². The molecule has 7 heteroatoms. The molecule has 160 valence electrons. The lowest BCUT2D eigenvalue weighted by Crippen LogP contribution is -2.47. The first-order chi connectivity index (χ1) is 13.6. The van der Waals surface area contributed by atoms with Gasteiger partial charge in [-0.1, -0.05) is 24.2 Å². The average Bonchev–Trinajstić information content (AvgIpc) is 3.04. The van der Waals surface area contributed by atoms with Crippen molar-refractivity contribution in [2.75, 3.05) is 19.6 Å². The number of carbonyl (C=O) groups excluding carboxylic acids is 1. The minimum Gasteiger partial charge on any atom is -0.489 e. The summed E-state index contributed by atoms with van der Waals surface area (Å²) in [5.74, 6) is 1.78. The third-order valence-corrected chi connectivity index (χ3v) is 5.38. The highest BCUT2D eigenvalue weighted by molar-refractivity contribution is 5.85. The molecule has 1 saturated heterocycles. The van der Waals surface area contributed by atoms with Crippen LogP contribution in [0.15, 0.2) is 28.8 Å². The van der Waals surface area contributed by atoms with Crippen LogP contribution < -0.4 is 10.1 Å². The Labute approximate surface area is 179 Å². The van der Waals surface area contributed by atoms with Gasteiger partial charge >= 0.3 is 0 Å². The minimum absolute atomic E-state index is 0. The van der Waals surface area contributed by atoms with Gasteiger partial charge in [0.05, 0.1) is 17.7 Å². The molecule has 6 nitrogen and oxygen atoms in total. The van der Waals surface area contributed by atoms with E-state index in [1.807, 2.05) is 38.1 Å². The zero-order valence-electron chi connectivity index (χ0n) is 17.6. The summed E-state index contributed by atoms with van der Waals surface area (Å²) in [7, 11) is 0. The van der Waals surface area contributed by atoms with E-state index in [0.717, 1.165) is 67.2 Å². The first-order valence-corrected chi connectivity index (χ1v) is 10.2. The normalized spacial score (nSPS) is 14.3. The van der Waals surface area contributed by atoms with Crippen molar-refractivity contribution >= 4 is 18.3 Å². The summed E-state index contributed by atoms with van der Waals surface area (Å²) in [5.41, 5.74) is 2.86. The van der Waals surface area contributed by atoms with Crippen molar-refractivity contribution in [3.05, 3.63) is 46.8 Å². The molecule has 1 N–H and O–H groups in total. The summed E-state index contributed by atoms with van der Waals surface area (Å²) in [4.78, 5) is 15.0. The molecule has 0 unspecified atom stereocenters. The smallest absolute Gasteiger partial charge is 0.227 e. The molecule has 1 aromatic heterocycles. The molecule has 0 saturated carbocycles. The zero-order valence-corrected chi connectivity index (χ0v) is 18.4. The Morgan fingerprint density at radius 2 is 1.93 bits per heavy atom. The third-order valence-electron chi connectivity index (χ3n) is 5.38. The van der Waals surface area contributed by atoms with Crippen LogP contribution in [0.1, 0.15) is 48.8 Å². The number of aromatic nitrogens is 1. The molecule has 2 aromatic rings. The van der Waals surface area contributed by atoms with E-state index in [9.17, 15) is 4.79 Å². The Bertz CT molecular complexity index is 751. The molecular formula is C22H32ClN3O3. The molecule has 0 aliphatic carbocycles. The van der Waals surface area contributed by atoms with E-state index < -0.39 is 0 Å². The van der Waals surface area contributed by atoms with E-state index in [-0.39, 0.29) is 18.3 Å². The maximum atomic E-state index is 12.9. The van der Waals surface area contributed by atoms with Crippen molar-refractivity contribution in [1.29, 1.82) is 0 Å². The van der Waals surface area contributed by atoms with E-state index in [1.54, 1.807) is 0 Å². The Balaban J connectivity index is 0.00000300. The van der Waals surface area contributed by atoms with Gasteiger partial charge in [0.2, 0.25) is 5.91 Å². The summed E-state index contributed by atoms with van der Waals surface area (Å²) >= 11 is 0. The van der Waals surface area contributed by atoms with E-state index in [4.69, 9.17) is 9.26 Å². The summed E-state index contributed by atoms with van der Waals surface area (Å²) in [6.45, 7) is 9.19. The standard InChI is InChI=1S/C22H31N3O3.ClH/c1-4-13-25(19-9-11-23-12-10-19)22(26)14-18-5-7-20(8-6-18)27-15-21-16(2)24-28-17(21)3;/h5-8,19,23H,4,9-15H2,1-3H3;1H. The van der Waals surface area contributed by atoms with Gasteiger partial charge in [0.1, 0.15) is 18.1 Å². The van der Waals surface area contributed by atoms with Crippen LogP contribution in [0.2, 0.25) is 0 Å². The Morgan fingerprint density at radius 3 is 2.52 bits per heavy atom. The van der Waals surface area contributed by atoms with Crippen LogP contribution in [-0.2, 0) is 17.8 Å². The van der Waals surface area contributed by atoms with Crippen LogP contribution in [0, 0.1) is 13.8 Å². The molecule has 0 bridgehead atoms. The minimum atomic E-state index is 0. The summed E-state index contributed by atoms with van der Waals surface area (Å²) in [6.07, 6.45) is 3.51. The molecule has 0 radical (unpaired) electrons. The number of piperidine rings is 1. The predicted octanol–water partition coefficient (Wildman–Crippen LogP) is 3.83. The highest BCUT2D eigenvalue weighted by Gasteiger charge is 2.24. The van der Waals surface area contributed by atoms with Gasteiger partial charge in [-0.25, -0.2) is 0 Å². The molecule has 1 aliphatic heterocycles. The van der Waals surface area contributed by atoms with Crippen LogP contribution in [0.4, 0.5) is 0 Å². The fraction of sp³-hybridized carbons (Fsp3) is 0.545. The van der Waals surface area contributed by atoms with Gasteiger partial charge in [0.15, 0.2) is 0 Å². The molecule has 3 rings (SSSR count). The number of hydrogen-bond acceptors (Lipinski definition) is 5. The summed E-state index contributed by atoms with van der Waals surface area (Å²) in [5, 5.41) is 7.32. The second-order valence-corrected chi connectivity index (χ2v) is 7.48. The van der Waals surface area contributed by atoms with Crippen LogP contribution >= 0.6 is 12.4 Å². The van der Waals surface area contributed by atoms with E-state index in [2.05, 4.69) is 22.3 Å². The number of nitrogens with one attached hydrogen (secondary N) is 1. The SMILES string of the molecule is CCCN(C(=O)Cc1ccc(OCc2c(C)noc2C)cc1)C1CCNCC1.Cl. The van der Waals surface area contributed by atoms with Crippen LogP contribution in [0.3, 0.4) is 0 Å². The largest absolute Gasteiger partial charge is 0.489 e. The lowest BCUT2D eigenvalue weighted by molar-refractivity contribution is -0.133. The van der Waals surface area contributed by atoms with Crippen molar-refractivity contribution in [1.82, 2.24) is 15.4 Å². The molecule has 2 heterocycles. The Kier molecular flexibility index (Phi) is 8.99. The number of carbonyl (C=O) groups is 1. The molecule has 1 amide bonds. The first-order valence-electron chi connectivity index (χ1n) is 10.2. The quantitative estimate of drug-likeness (QED) is 0.701. The maximum Gasteiger partial charge on any atom is 0.227 e. The van der Waals surface area contributed by atoms with Gasteiger partial charge in [0.25, 0.3) is 0 Å². The van der Waals surface area contributed by atoms with Gasteiger partial charge in [-0.15, -0.1) is 12.4 Å². The number of rotatable bonds is 8. The van der Waals surface area contributed by atoms with Crippen molar-refractivity contribution in [2.24, 2.45) is 0 Å². The van der Waals surface area contributed by atoms with Crippen molar-refractivity contribution < 1.29 is 14.1 Å². The highest BCUT2D eigenvalue weighted by Crippen LogP contribution is 2.19. The average molecular weight is 422 g/mol.